The Morgan fingerprint density at radius 3 is 2.67 bits per heavy atom. The fraction of sp³-hybridized carbons (Fsp3) is 0.417. The third-order valence-corrected chi connectivity index (χ3v) is 2.80. The van der Waals surface area contributed by atoms with E-state index in [9.17, 15) is 18.7 Å². The highest BCUT2D eigenvalue weighted by Gasteiger charge is 2.14. The number of amides is 1. The molecule has 0 saturated heterocycles. The number of nitrogens with one attached hydrogen (secondary N) is 1. The van der Waals surface area contributed by atoms with Crippen molar-refractivity contribution in [1.82, 2.24) is 5.32 Å². The zero-order valence-electron chi connectivity index (χ0n) is 9.84. The number of halogens is 3. The zero-order chi connectivity index (χ0) is 13.7. The smallest absolute Gasteiger partial charge is 0.252 e. The third kappa shape index (κ3) is 3.92. The molecule has 1 atom stereocenters. The summed E-state index contributed by atoms with van der Waals surface area (Å²) in [5.74, 6) is -2.82. The Labute approximate surface area is 109 Å². The van der Waals surface area contributed by atoms with E-state index in [-0.39, 0.29) is 17.1 Å². The highest BCUT2D eigenvalue weighted by atomic mass is 35.5. The molecule has 0 fully saturated rings. The molecule has 0 aliphatic rings. The van der Waals surface area contributed by atoms with Crippen LogP contribution >= 0.6 is 11.6 Å². The molecule has 1 aromatic rings. The fourth-order valence-electron chi connectivity index (χ4n) is 1.35. The van der Waals surface area contributed by atoms with Crippen LogP contribution in [-0.4, -0.2) is 23.7 Å². The largest absolute Gasteiger partial charge is 0.393 e. The van der Waals surface area contributed by atoms with Gasteiger partial charge in [0.05, 0.1) is 16.7 Å². The highest BCUT2D eigenvalue weighted by molar-refractivity contribution is 6.33. The molecule has 0 spiro atoms. The van der Waals surface area contributed by atoms with Gasteiger partial charge in [-0.1, -0.05) is 18.5 Å². The van der Waals surface area contributed by atoms with Crippen molar-refractivity contribution in [2.24, 2.45) is 0 Å². The summed E-state index contributed by atoms with van der Waals surface area (Å²) in [5.41, 5.74) is -0.124. The molecule has 0 aromatic heterocycles. The summed E-state index contributed by atoms with van der Waals surface area (Å²) in [6, 6.07) is 1.51. The summed E-state index contributed by atoms with van der Waals surface area (Å²) in [7, 11) is 0. The molecule has 6 heteroatoms. The summed E-state index contributed by atoms with van der Waals surface area (Å²) in [5, 5.41) is 11.6. The summed E-state index contributed by atoms with van der Waals surface area (Å²) < 4.78 is 25.8. The van der Waals surface area contributed by atoms with E-state index in [2.05, 4.69) is 5.32 Å². The molecule has 0 bridgehead atoms. The maximum absolute atomic E-state index is 13.0. The van der Waals surface area contributed by atoms with Crippen LogP contribution < -0.4 is 5.32 Å². The second kappa shape index (κ2) is 6.66. The molecule has 0 saturated carbocycles. The molecule has 0 aliphatic heterocycles. The molecular weight excluding hydrogens is 264 g/mol. The number of benzene rings is 1. The molecule has 1 rings (SSSR count). The van der Waals surface area contributed by atoms with Gasteiger partial charge in [0.15, 0.2) is 11.6 Å². The molecule has 1 aromatic carbocycles. The number of carbonyl (C=O) groups excluding carboxylic acids is 1. The molecule has 1 unspecified atom stereocenters. The summed E-state index contributed by atoms with van der Waals surface area (Å²) >= 11 is 5.65. The van der Waals surface area contributed by atoms with E-state index < -0.39 is 23.6 Å². The lowest BCUT2D eigenvalue weighted by Gasteiger charge is -2.10. The predicted molar refractivity (Wildman–Crippen MR) is 64.6 cm³/mol. The first-order chi connectivity index (χ1) is 8.45. The minimum atomic E-state index is -1.13. The maximum atomic E-state index is 13.0. The van der Waals surface area contributed by atoms with Gasteiger partial charge in [-0.2, -0.15) is 0 Å². The molecule has 100 valence electrons. The molecule has 18 heavy (non-hydrogen) atoms. The maximum Gasteiger partial charge on any atom is 0.252 e. The summed E-state index contributed by atoms with van der Waals surface area (Å²) in [6.07, 6.45) is 0.483. The second-order valence-corrected chi connectivity index (χ2v) is 4.26. The van der Waals surface area contributed by atoms with Gasteiger partial charge in [-0.25, -0.2) is 8.78 Å². The van der Waals surface area contributed by atoms with E-state index in [1.807, 2.05) is 6.92 Å². The number of aliphatic hydroxyl groups is 1. The van der Waals surface area contributed by atoms with Crippen molar-refractivity contribution < 1.29 is 18.7 Å². The van der Waals surface area contributed by atoms with Crippen LogP contribution in [-0.2, 0) is 0 Å². The van der Waals surface area contributed by atoms with Crippen molar-refractivity contribution in [3.05, 3.63) is 34.4 Å². The minimum Gasteiger partial charge on any atom is -0.393 e. The first-order valence-electron chi connectivity index (χ1n) is 5.56. The van der Waals surface area contributed by atoms with Crippen LogP contribution in [0.4, 0.5) is 8.78 Å². The van der Waals surface area contributed by atoms with Crippen molar-refractivity contribution in [2.45, 2.75) is 25.9 Å². The fourth-order valence-corrected chi connectivity index (χ4v) is 1.58. The average molecular weight is 278 g/mol. The van der Waals surface area contributed by atoms with E-state index in [1.54, 1.807) is 0 Å². The quantitative estimate of drug-likeness (QED) is 0.813. The molecule has 0 heterocycles. The highest BCUT2D eigenvalue weighted by Crippen LogP contribution is 2.19. The van der Waals surface area contributed by atoms with E-state index in [4.69, 9.17) is 11.6 Å². The zero-order valence-corrected chi connectivity index (χ0v) is 10.6. The van der Waals surface area contributed by atoms with E-state index in [0.717, 1.165) is 12.1 Å². The number of hydrogen-bond donors (Lipinski definition) is 2. The summed E-state index contributed by atoms with van der Waals surface area (Å²) in [4.78, 5) is 11.6. The monoisotopic (exact) mass is 277 g/mol. The van der Waals surface area contributed by atoms with Crippen molar-refractivity contribution in [2.75, 3.05) is 6.54 Å². The topological polar surface area (TPSA) is 49.3 Å². The first-order valence-corrected chi connectivity index (χ1v) is 5.94. The third-order valence-electron chi connectivity index (χ3n) is 2.49. The van der Waals surface area contributed by atoms with E-state index in [1.165, 1.54) is 0 Å². The lowest BCUT2D eigenvalue weighted by Crippen LogP contribution is -2.27. The molecule has 0 radical (unpaired) electrons. The Morgan fingerprint density at radius 1 is 1.44 bits per heavy atom. The van der Waals surface area contributed by atoms with Crippen molar-refractivity contribution in [3.63, 3.8) is 0 Å². The van der Waals surface area contributed by atoms with Gasteiger partial charge >= 0.3 is 0 Å². The number of hydrogen-bond acceptors (Lipinski definition) is 2. The van der Waals surface area contributed by atoms with Crippen LogP contribution in [0.2, 0.25) is 5.02 Å². The standard InChI is InChI=1S/C12H14ClF2NO2/c1-2-7(17)3-4-16-12(18)8-5-10(14)11(15)6-9(8)13/h5-7,17H,2-4H2,1H3,(H,16,18). The Morgan fingerprint density at radius 2 is 2.06 bits per heavy atom. The molecule has 2 N–H and O–H groups in total. The number of carbonyl (C=O) groups is 1. The Kier molecular flexibility index (Phi) is 5.50. The van der Waals surface area contributed by atoms with Gasteiger partial charge in [-0.3, -0.25) is 4.79 Å². The second-order valence-electron chi connectivity index (χ2n) is 3.85. The van der Waals surface area contributed by atoms with Crippen molar-refractivity contribution in [1.29, 1.82) is 0 Å². The number of rotatable bonds is 5. The van der Waals surface area contributed by atoms with Gasteiger partial charge in [-0.05, 0) is 25.0 Å². The van der Waals surface area contributed by atoms with Gasteiger partial charge < -0.3 is 10.4 Å². The molecule has 0 aliphatic carbocycles. The molecule has 3 nitrogen and oxygen atoms in total. The van der Waals surface area contributed by atoms with E-state index in [0.29, 0.717) is 12.8 Å². The van der Waals surface area contributed by atoms with E-state index >= 15 is 0 Å². The van der Waals surface area contributed by atoms with Crippen LogP contribution in [0.5, 0.6) is 0 Å². The Balaban J connectivity index is 2.64. The Hall–Kier alpha value is -1.20. The van der Waals surface area contributed by atoms with Gasteiger partial charge in [0.1, 0.15) is 0 Å². The SMILES string of the molecule is CCC(O)CCNC(=O)c1cc(F)c(F)cc1Cl. The lowest BCUT2D eigenvalue weighted by atomic mass is 10.1. The number of aliphatic hydroxyl groups excluding tert-OH is 1. The van der Waals surface area contributed by atoms with Crippen molar-refractivity contribution in [3.8, 4) is 0 Å². The van der Waals surface area contributed by atoms with Crippen LogP contribution in [0.1, 0.15) is 30.1 Å². The van der Waals surface area contributed by atoms with Gasteiger partial charge in [0.25, 0.3) is 5.91 Å². The molecule has 1 amide bonds. The van der Waals surface area contributed by atoms with Crippen molar-refractivity contribution >= 4 is 17.5 Å². The van der Waals surface area contributed by atoms with Gasteiger partial charge in [0, 0.05) is 6.54 Å². The van der Waals surface area contributed by atoms with Gasteiger partial charge in [-0.15, -0.1) is 0 Å². The minimum absolute atomic E-state index is 0.124. The van der Waals surface area contributed by atoms with Crippen LogP contribution in [0, 0.1) is 11.6 Å². The van der Waals surface area contributed by atoms with Crippen LogP contribution in [0.15, 0.2) is 12.1 Å². The molecular formula is C12H14ClF2NO2. The lowest BCUT2D eigenvalue weighted by molar-refractivity contribution is 0.0941. The van der Waals surface area contributed by atoms with Gasteiger partial charge in [0.2, 0.25) is 0 Å². The first kappa shape index (κ1) is 14.9. The normalized spacial score (nSPS) is 12.3. The predicted octanol–water partition coefficient (Wildman–Crippen LogP) is 2.51. The Bertz CT molecular complexity index is 440. The van der Waals surface area contributed by atoms with Crippen LogP contribution in [0.25, 0.3) is 0 Å². The average Bonchev–Trinajstić information content (AvgIpc) is 2.33. The summed E-state index contributed by atoms with van der Waals surface area (Å²) in [6.45, 7) is 2.06. The van der Waals surface area contributed by atoms with Crippen LogP contribution in [0.3, 0.4) is 0 Å².